The van der Waals surface area contributed by atoms with Gasteiger partial charge in [0.25, 0.3) is 0 Å². The van der Waals surface area contributed by atoms with E-state index in [2.05, 4.69) is 116 Å². The van der Waals surface area contributed by atoms with Gasteiger partial charge in [0.2, 0.25) is 0 Å². The van der Waals surface area contributed by atoms with Crippen LogP contribution in [0.4, 0.5) is 0 Å². The fourth-order valence-corrected chi connectivity index (χ4v) is 7.06. The monoisotopic (exact) mass is 353 g/mol. The second kappa shape index (κ2) is 6.84. The fraction of sp³-hybridized carbons (Fsp3) is 1.00. The Morgan fingerprint density at radius 2 is 0.560 bits per heavy atom. The van der Waals surface area contributed by atoms with Gasteiger partial charge in [-0.2, -0.15) is 0 Å². The van der Waals surface area contributed by atoms with Crippen molar-refractivity contribution in [1.29, 1.82) is 0 Å². The van der Waals surface area contributed by atoms with Crippen LogP contribution in [0.15, 0.2) is 0 Å². The summed E-state index contributed by atoms with van der Waals surface area (Å²) in [5.74, 6) is 1.05. The van der Waals surface area contributed by atoms with E-state index in [0.717, 1.165) is 0 Å². The number of nitrogens with one attached hydrogen (secondary N) is 1. The molecule has 0 spiro atoms. The third-order valence-corrected chi connectivity index (χ3v) is 6.86. The van der Waals surface area contributed by atoms with Crippen molar-refractivity contribution >= 4 is 0 Å². The molecule has 0 aromatic heterocycles. The molecule has 0 rings (SSSR count). The van der Waals surface area contributed by atoms with Gasteiger partial charge in [-0.15, -0.1) is 0 Å². The summed E-state index contributed by atoms with van der Waals surface area (Å²) in [4.78, 5) is 0. The normalized spacial score (nSPS) is 16.1. The van der Waals surface area contributed by atoms with Gasteiger partial charge >= 0.3 is 0 Å². The smallest absolute Gasteiger partial charge is 0.0306 e. The van der Waals surface area contributed by atoms with E-state index in [-0.39, 0.29) is 32.7 Å². The van der Waals surface area contributed by atoms with Gasteiger partial charge in [0, 0.05) is 11.1 Å². The minimum Gasteiger partial charge on any atom is -0.303 e. The second-order valence-electron chi connectivity index (χ2n) is 13.1. The Hall–Kier alpha value is -0.0400. The van der Waals surface area contributed by atoms with E-state index < -0.39 is 0 Å². The van der Waals surface area contributed by atoms with Crippen LogP contribution in [0.1, 0.15) is 111 Å². The minimum atomic E-state index is 0.00479. The van der Waals surface area contributed by atoms with Crippen molar-refractivity contribution in [3.8, 4) is 0 Å². The molecule has 0 amide bonds. The first-order valence-electron chi connectivity index (χ1n) is 10.4. The van der Waals surface area contributed by atoms with E-state index in [9.17, 15) is 0 Å². The average Bonchev–Trinajstić information content (AvgIpc) is 2.20. The van der Waals surface area contributed by atoms with Crippen molar-refractivity contribution < 1.29 is 0 Å². The summed E-state index contributed by atoms with van der Waals surface area (Å²) >= 11 is 0. The molecule has 0 saturated carbocycles. The highest BCUT2D eigenvalue weighted by Crippen LogP contribution is 2.56. The molecule has 1 heteroatoms. The lowest BCUT2D eigenvalue weighted by molar-refractivity contribution is -0.118. The van der Waals surface area contributed by atoms with Gasteiger partial charge in [-0.1, -0.05) is 111 Å². The highest BCUT2D eigenvalue weighted by molar-refractivity contribution is 5.17. The zero-order chi connectivity index (χ0) is 20.9. The Kier molecular flexibility index (Phi) is 6.83. The van der Waals surface area contributed by atoms with Crippen LogP contribution >= 0.6 is 0 Å². The second-order valence-corrected chi connectivity index (χ2v) is 13.1. The topological polar surface area (TPSA) is 12.0 Å². The molecule has 0 saturated heterocycles. The fourth-order valence-electron chi connectivity index (χ4n) is 7.06. The van der Waals surface area contributed by atoms with Gasteiger partial charge in [0.15, 0.2) is 0 Å². The highest BCUT2D eigenvalue weighted by atomic mass is 15.1. The van der Waals surface area contributed by atoms with Crippen LogP contribution < -0.4 is 5.32 Å². The summed E-state index contributed by atoms with van der Waals surface area (Å²) < 4.78 is 0. The molecule has 0 aromatic carbocycles. The van der Waals surface area contributed by atoms with E-state index in [4.69, 9.17) is 0 Å². The third kappa shape index (κ3) is 3.97. The molecule has 0 aromatic rings. The molecule has 1 N–H and O–H groups in total. The Morgan fingerprint density at radius 1 is 0.400 bits per heavy atom. The van der Waals surface area contributed by atoms with Crippen molar-refractivity contribution in [2.45, 2.75) is 122 Å². The highest BCUT2D eigenvalue weighted by Gasteiger charge is 2.61. The minimum absolute atomic E-state index is 0.00479. The Bertz CT molecular complexity index is 357. The molecule has 25 heavy (non-hydrogen) atoms. The van der Waals surface area contributed by atoms with E-state index in [1.807, 2.05) is 0 Å². The summed E-state index contributed by atoms with van der Waals surface area (Å²) in [7, 11) is 0. The summed E-state index contributed by atoms with van der Waals surface area (Å²) in [6.45, 7) is 38.6. The molecule has 0 atom stereocenters. The van der Waals surface area contributed by atoms with Crippen LogP contribution in [-0.4, -0.2) is 11.1 Å². The third-order valence-electron chi connectivity index (χ3n) is 6.86. The Labute approximate surface area is 161 Å². The predicted octanol–water partition coefficient (Wildman–Crippen LogP) is 7.55. The molecule has 0 aliphatic heterocycles. The number of rotatable bonds is 4. The maximum Gasteiger partial charge on any atom is 0.0306 e. The first kappa shape index (κ1) is 25.0. The van der Waals surface area contributed by atoms with Gasteiger partial charge < -0.3 is 5.32 Å². The summed E-state index contributed by atoms with van der Waals surface area (Å²) in [6.07, 6.45) is 0. The number of hydrogen-bond donors (Lipinski definition) is 1. The van der Waals surface area contributed by atoms with Gasteiger partial charge in [-0.3, -0.25) is 0 Å². The Morgan fingerprint density at radius 3 is 0.640 bits per heavy atom. The summed E-state index contributed by atoms with van der Waals surface area (Å²) in [5.41, 5.74) is 0.549. The summed E-state index contributed by atoms with van der Waals surface area (Å²) in [5, 5.41) is 4.44. The summed E-state index contributed by atoms with van der Waals surface area (Å²) in [6, 6.07) is 0. The standard InChI is InChI=1S/C24H51N/c1-17(2)23(19(5,6)7,20(8,9)10)25-24(18(3)4,21(11,12)13)22(14,15)16/h17-18,25H,1-16H3. The van der Waals surface area contributed by atoms with Crippen LogP contribution in [0.25, 0.3) is 0 Å². The zero-order valence-corrected chi connectivity index (χ0v) is 20.7. The van der Waals surface area contributed by atoms with Crippen molar-refractivity contribution in [2.75, 3.05) is 0 Å². The molecule has 1 nitrogen and oxygen atoms in total. The van der Waals surface area contributed by atoms with Crippen molar-refractivity contribution in [2.24, 2.45) is 33.5 Å². The first-order valence-corrected chi connectivity index (χ1v) is 10.4. The van der Waals surface area contributed by atoms with Gasteiger partial charge in [-0.05, 0) is 33.5 Å². The lowest BCUT2D eigenvalue weighted by atomic mass is 9.49. The van der Waals surface area contributed by atoms with E-state index in [1.54, 1.807) is 0 Å². The maximum absolute atomic E-state index is 4.44. The number of hydrogen-bond acceptors (Lipinski definition) is 1. The quantitative estimate of drug-likeness (QED) is 0.550. The van der Waals surface area contributed by atoms with Crippen LogP contribution in [0.5, 0.6) is 0 Å². The molecular formula is C24H51N. The lowest BCUT2D eigenvalue weighted by Gasteiger charge is -2.67. The molecule has 0 aliphatic carbocycles. The van der Waals surface area contributed by atoms with E-state index >= 15 is 0 Å². The lowest BCUT2D eigenvalue weighted by Crippen LogP contribution is -2.78. The molecular weight excluding hydrogens is 302 g/mol. The molecule has 0 fully saturated rings. The van der Waals surface area contributed by atoms with Crippen molar-refractivity contribution in [3.05, 3.63) is 0 Å². The molecule has 0 heterocycles. The maximum atomic E-state index is 4.44. The Balaban J connectivity index is 7.00. The van der Waals surface area contributed by atoms with Gasteiger partial charge in [0.1, 0.15) is 0 Å². The molecule has 152 valence electrons. The zero-order valence-electron chi connectivity index (χ0n) is 20.7. The van der Waals surface area contributed by atoms with Gasteiger partial charge in [-0.25, -0.2) is 0 Å². The first-order chi connectivity index (χ1) is 10.6. The van der Waals surface area contributed by atoms with Gasteiger partial charge in [0.05, 0.1) is 0 Å². The van der Waals surface area contributed by atoms with E-state index in [0.29, 0.717) is 11.8 Å². The molecule has 0 bridgehead atoms. The van der Waals surface area contributed by atoms with Crippen molar-refractivity contribution in [1.82, 2.24) is 5.32 Å². The molecule has 0 radical (unpaired) electrons. The predicted molar refractivity (Wildman–Crippen MR) is 116 cm³/mol. The van der Waals surface area contributed by atoms with Crippen LogP contribution in [-0.2, 0) is 0 Å². The SMILES string of the molecule is CC(C)C(NC(C(C)C)(C(C)(C)C)C(C)(C)C)(C(C)(C)C)C(C)(C)C. The van der Waals surface area contributed by atoms with Crippen molar-refractivity contribution in [3.63, 3.8) is 0 Å². The molecule has 0 unspecified atom stereocenters. The molecule has 0 aliphatic rings. The average molecular weight is 354 g/mol. The largest absolute Gasteiger partial charge is 0.303 e. The van der Waals surface area contributed by atoms with Crippen LogP contribution in [0.3, 0.4) is 0 Å². The van der Waals surface area contributed by atoms with Crippen LogP contribution in [0, 0.1) is 33.5 Å². The van der Waals surface area contributed by atoms with Crippen LogP contribution in [0.2, 0.25) is 0 Å². The van der Waals surface area contributed by atoms with E-state index in [1.165, 1.54) is 0 Å².